The maximum absolute atomic E-state index is 10.9. The van der Waals surface area contributed by atoms with E-state index in [1.54, 1.807) is 13.8 Å². The van der Waals surface area contributed by atoms with Crippen molar-refractivity contribution in [3.8, 4) is 0 Å². The summed E-state index contributed by atoms with van der Waals surface area (Å²) in [6, 6.07) is 0. The molecule has 0 aliphatic carbocycles. The Labute approximate surface area is 78.9 Å². The summed E-state index contributed by atoms with van der Waals surface area (Å²) < 4.78 is 0. The molecule has 0 aromatic carbocycles. The maximum atomic E-state index is 10.9. The van der Waals surface area contributed by atoms with Gasteiger partial charge in [-0.25, -0.2) is 0 Å². The summed E-state index contributed by atoms with van der Waals surface area (Å²) in [4.78, 5) is 10.9. The van der Waals surface area contributed by atoms with E-state index in [-0.39, 0.29) is 5.38 Å². The molecule has 0 aliphatic rings. The number of halogens is 1. The fourth-order valence-electron chi connectivity index (χ4n) is 0.773. The lowest BCUT2D eigenvalue weighted by Gasteiger charge is -2.40. The predicted octanol–water partition coefficient (Wildman–Crippen LogP) is 2.75. The summed E-state index contributed by atoms with van der Waals surface area (Å²) in [6.07, 6.45) is 0. The first-order chi connectivity index (χ1) is 5.14. The van der Waals surface area contributed by atoms with Crippen molar-refractivity contribution in [3.05, 3.63) is 0 Å². The Balaban J connectivity index is 4.88. The number of carbonyl (C=O) groups is 1. The van der Waals surface area contributed by atoms with E-state index in [0.717, 1.165) is 0 Å². The zero-order chi connectivity index (χ0) is 10.2. The van der Waals surface area contributed by atoms with E-state index in [4.69, 9.17) is 16.7 Å². The van der Waals surface area contributed by atoms with E-state index in [0.29, 0.717) is 0 Å². The maximum Gasteiger partial charge on any atom is 0.309 e. The van der Waals surface area contributed by atoms with E-state index >= 15 is 0 Å². The first-order valence-corrected chi connectivity index (χ1v) is 4.45. The van der Waals surface area contributed by atoms with Crippen LogP contribution in [0.5, 0.6) is 0 Å². The lowest BCUT2D eigenvalue weighted by atomic mass is 9.66. The molecule has 0 amide bonds. The monoisotopic (exact) mass is 192 g/mol. The third-order valence-electron chi connectivity index (χ3n) is 3.14. The fraction of sp³-hybridized carbons (Fsp3) is 0.889. The van der Waals surface area contributed by atoms with Crippen LogP contribution >= 0.6 is 11.6 Å². The zero-order valence-electron chi connectivity index (χ0n) is 8.31. The summed E-state index contributed by atoms with van der Waals surface area (Å²) in [7, 11) is 0. The van der Waals surface area contributed by atoms with Crippen molar-refractivity contribution in [2.75, 3.05) is 0 Å². The highest BCUT2D eigenvalue weighted by atomic mass is 35.5. The molecule has 2 nitrogen and oxygen atoms in total. The third kappa shape index (κ3) is 1.74. The summed E-state index contributed by atoms with van der Waals surface area (Å²) in [5, 5.41) is 8.80. The number of carboxylic acid groups (broad SMARTS) is 1. The van der Waals surface area contributed by atoms with Gasteiger partial charge in [-0.05, 0) is 26.2 Å². The highest BCUT2D eigenvalue weighted by Crippen LogP contribution is 2.43. The highest BCUT2D eigenvalue weighted by Gasteiger charge is 2.46. The quantitative estimate of drug-likeness (QED) is 0.699. The minimum absolute atomic E-state index is 0.163. The number of hydrogen-bond donors (Lipinski definition) is 1. The third-order valence-corrected chi connectivity index (χ3v) is 3.69. The van der Waals surface area contributed by atoms with E-state index in [1.165, 1.54) is 0 Å². The van der Waals surface area contributed by atoms with E-state index in [1.807, 2.05) is 20.8 Å². The Hall–Kier alpha value is -0.240. The summed E-state index contributed by atoms with van der Waals surface area (Å²) in [5.74, 6) is -0.806. The van der Waals surface area contributed by atoms with Gasteiger partial charge in [0.25, 0.3) is 0 Å². The molecule has 12 heavy (non-hydrogen) atoms. The summed E-state index contributed by atoms with van der Waals surface area (Å²) in [6.45, 7) is 8.98. The van der Waals surface area contributed by atoms with Gasteiger partial charge in [-0.2, -0.15) is 0 Å². The first kappa shape index (κ1) is 11.8. The van der Waals surface area contributed by atoms with Crippen LogP contribution in [-0.2, 0) is 4.79 Å². The molecular weight excluding hydrogens is 176 g/mol. The molecule has 0 aliphatic heterocycles. The Morgan fingerprint density at radius 3 is 1.75 bits per heavy atom. The second-order valence-corrected chi connectivity index (χ2v) is 4.92. The standard InChI is InChI=1S/C9H17ClO2/c1-6(10)8(2,3)9(4,5)7(11)12/h6H,1-5H3,(H,11,12). The molecule has 3 heteroatoms. The fourth-order valence-corrected chi connectivity index (χ4v) is 1.05. The summed E-state index contributed by atoms with van der Waals surface area (Å²) in [5.41, 5.74) is -1.21. The molecule has 0 fully saturated rings. The first-order valence-electron chi connectivity index (χ1n) is 4.01. The topological polar surface area (TPSA) is 37.3 Å². The second kappa shape index (κ2) is 3.25. The van der Waals surface area contributed by atoms with Gasteiger partial charge in [0.1, 0.15) is 0 Å². The van der Waals surface area contributed by atoms with Crippen molar-refractivity contribution in [2.45, 2.75) is 40.0 Å². The van der Waals surface area contributed by atoms with Crippen LogP contribution in [0.15, 0.2) is 0 Å². The van der Waals surface area contributed by atoms with Crippen molar-refractivity contribution in [1.82, 2.24) is 0 Å². The van der Waals surface area contributed by atoms with Gasteiger partial charge in [0.05, 0.1) is 5.41 Å². The normalized spacial score (nSPS) is 15.8. The smallest absolute Gasteiger partial charge is 0.309 e. The van der Waals surface area contributed by atoms with Crippen molar-refractivity contribution in [3.63, 3.8) is 0 Å². The molecule has 1 N–H and O–H groups in total. The highest BCUT2D eigenvalue weighted by molar-refractivity contribution is 6.21. The Morgan fingerprint density at radius 2 is 1.67 bits per heavy atom. The van der Waals surface area contributed by atoms with Crippen LogP contribution in [0.3, 0.4) is 0 Å². The van der Waals surface area contributed by atoms with Crippen LogP contribution in [0.4, 0.5) is 0 Å². The minimum Gasteiger partial charge on any atom is -0.481 e. The van der Waals surface area contributed by atoms with Gasteiger partial charge < -0.3 is 5.11 Å². The van der Waals surface area contributed by atoms with E-state index < -0.39 is 16.8 Å². The Morgan fingerprint density at radius 1 is 1.33 bits per heavy atom. The molecule has 1 atom stereocenters. The number of rotatable bonds is 3. The molecule has 0 bridgehead atoms. The largest absolute Gasteiger partial charge is 0.481 e. The van der Waals surface area contributed by atoms with Crippen molar-refractivity contribution in [1.29, 1.82) is 0 Å². The molecule has 72 valence electrons. The number of alkyl halides is 1. The zero-order valence-corrected chi connectivity index (χ0v) is 9.07. The lowest BCUT2D eigenvalue weighted by molar-refractivity contribution is -0.153. The molecule has 0 radical (unpaired) electrons. The molecule has 0 aromatic heterocycles. The van der Waals surface area contributed by atoms with E-state index in [2.05, 4.69) is 0 Å². The Bertz CT molecular complexity index is 183. The van der Waals surface area contributed by atoms with Crippen molar-refractivity contribution in [2.24, 2.45) is 10.8 Å². The SMILES string of the molecule is CC(Cl)C(C)(C)C(C)(C)C(=O)O. The van der Waals surface area contributed by atoms with Gasteiger partial charge >= 0.3 is 5.97 Å². The van der Waals surface area contributed by atoms with Gasteiger partial charge in [-0.15, -0.1) is 11.6 Å². The van der Waals surface area contributed by atoms with Gasteiger partial charge in [-0.1, -0.05) is 13.8 Å². The average Bonchev–Trinajstić information content (AvgIpc) is 1.86. The number of carboxylic acids is 1. The van der Waals surface area contributed by atoms with Crippen LogP contribution in [0.1, 0.15) is 34.6 Å². The number of aliphatic carboxylic acids is 1. The molecular formula is C9H17ClO2. The van der Waals surface area contributed by atoms with Crippen molar-refractivity contribution >= 4 is 17.6 Å². The van der Waals surface area contributed by atoms with Crippen molar-refractivity contribution < 1.29 is 9.90 Å². The van der Waals surface area contributed by atoms with Crippen LogP contribution in [0.2, 0.25) is 0 Å². The molecule has 0 saturated carbocycles. The molecule has 0 saturated heterocycles. The molecule has 1 unspecified atom stereocenters. The van der Waals surface area contributed by atoms with Crippen LogP contribution in [0, 0.1) is 10.8 Å². The molecule has 0 heterocycles. The number of hydrogen-bond acceptors (Lipinski definition) is 1. The molecule has 0 rings (SSSR count). The molecule has 0 aromatic rings. The van der Waals surface area contributed by atoms with Gasteiger partial charge in [0.2, 0.25) is 0 Å². The van der Waals surface area contributed by atoms with Crippen LogP contribution in [-0.4, -0.2) is 16.5 Å². The predicted molar refractivity (Wildman–Crippen MR) is 50.5 cm³/mol. The minimum atomic E-state index is -0.806. The van der Waals surface area contributed by atoms with Gasteiger partial charge in [0.15, 0.2) is 0 Å². The van der Waals surface area contributed by atoms with Gasteiger partial charge in [0, 0.05) is 5.38 Å². The van der Waals surface area contributed by atoms with E-state index in [9.17, 15) is 4.79 Å². The average molecular weight is 193 g/mol. The Kier molecular flexibility index (Phi) is 3.18. The van der Waals surface area contributed by atoms with Crippen LogP contribution < -0.4 is 0 Å². The molecule has 0 spiro atoms. The lowest BCUT2D eigenvalue weighted by Crippen LogP contribution is -2.44. The van der Waals surface area contributed by atoms with Gasteiger partial charge in [-0.3, -0.25) is 4.79 Å². The summed E-state index contributed by atoms with van der Waals surface area (Å²) >= 11 is 5.93. The van der Waals surface area contributed by atoms with Crippen LogP contribution in [0.25, 0.3) is 0 Å². The second-order valence-electron chi connectivity index (χ2n) is 4.27.